The van der Waals surface area contributed by atoms with Crippen LogP contribution in [-0.2, 0) is 11.3 Å². The lowest BCUT2D eigenvalue weighted by Gasteiger charge is -2.30. The minimum atomic E-state index is 0. The summed E-state index contributed by atoms with van der Waals surface area (Å²) in [6.07, 6.45) is 3.57. The number of amides is 1. The summed E-state index contributed by atoms with van der Waals surface area (Å²) in [4.78, 5) is 14.4. The summed E-state index contributed by atoms with van der Waals surface area (Å²) < 4.78 is 1.11. The first-order valence-corrected chi connectivity index (χ1v) is 8.47. The Kier molecular flexibility index (Phi) is 5.16. The first kappa shape index (κ1) is 16.3. The molecule has 0 radical (unpaired) electrons. The lowest BCUT2D eigenvalue weighted by Crippen LogP contribution is -2.45. The number of nitrogens with two attached hydrogens (primary N) is 1. The molecule has 3 rings (SSSR count). The Balaban J connectivity index is 0.00000147. The van der Waals surface area contributed by atoms with E-state index in [0.29, 0.717) is 18.4 Å². The topological polar surface area (TPSA) is 46.3 Å². The van der Waals surface area contributed by atoms with Crippen LogP contribution in [0.5, 0.6) is 0 Å². The smallest absolute Gasteiger partial charge is 0.227 e. The monoisotopic (exact) mass is 378 g/mol. The quantitative estimate of drug-likeness (QED) is 0.876. The van der Waals surface area contributed by atoms with Crippen molar-refractivity contribution in [3.8, 4) is 0 Å². The molecule has 1 heterocycles. The first-order valence-electron chi connectivity index (χ1n) is 6.79. The third kappa shape index (κ3) is 2.91. The summed E-state index contributed by atoms with van der Waals surface area (Å²) in [6, 6.07) is 2.16. The van der Waals surface area contributed by atoms with E-state index in [-0.39, 0.29) is 30.3 Å². The molecule has 1 aromatic heterocycles. The molecule has 0 spiro atoms. The molecule has 6 heteroatoms. The molecular weight excluding hydrogens is 360 g/mol. The summed E-state index contributed by atoms with van der Waals surface area (Å²) in [5, 5.41) is 2.09. The highest BCUT2D eigenvalue weighted by Crippen LogP contribution is 2.48. The van der Waals surface area contributed by atoms with Gasteiger partial charge in [0.2, 0.25) is 5.91 Å². The maximum Gasteiger partial charge on any atom is 0.227 e. The van der Waals surface area contributed by atoms with E-state index in [0.717, 1.165) is 10.2 Å². The molecule has 4 atom stereocenters. The number of hydrogen-bond acceptors (Lipinski definition) is 3. The summed E-state index contributed by atoms with van der Waals surface area (Å²) in [5.74, 6) is 1.42. The normalized spacial score (nSPS) is 31.1. The van der Waals surface area contributed by atoms with Crippen LogP contribution in [0.3, 0.4) is 0 Å². The zero-order chi connectivity index (χ0) is 13.6. The molecule has 1 aromatic rings. The van der Waals surface area contributed by atoms with Crippen molar-refractivity contribution < 1.29 is 4.79 Å². The maximum atomic E-state index is 12.6. The lowest BCUT2D eigenvalue weighted by atomic mass is 9.84. The van der Waals surface area contributed by atoms with Crippen LogP contribution < -0.4 is 5.73 Å². The van der Waals surface area contributed by atoms with E-state index in [2.05, 4.69) is 27.4 Å². The van der Waals surface area contributed by atoms with Crippen molar-refractivity contribution in [3.05, 3.63) is 20.8 Å². The van der Waals surface area contributed by atoms with Gasteiger partial charge in [0.25, 0.3) is 0 Å². The van der Waals surface area contributed by atoms with Gasteiger partial charge in [-0.1, -0.05) is 0 Å². The number of fused-ring (bicyclic) bond motifs is 2. The number of carbonyl (C=O) groups excluding carboxylic acids is 1. The fourth-order valence-corrected chi connectivity index (χ4v) is 4.94. The van der Waals surface area contributed by atoms with Crippen molar-refractivity contribution in [2.24, 2.45) is 23.5 Å². The van der Waals surface area contributed by atoms with Crippen LogP contribution in [0.4, 0.5) is 0 Å². The fraction of sp³-hybridized carbons (Fsp3) is 0.643. The largest absolute Gasteiger partial charge is 0.341 e. The molecule has 2 aliphatic carbocycles. The van der Waals surface area contributed by atoms with E-state index in [1.807, 2.05) is 11.9 Å². The predicted molar refractivity (Wildman–Crippen MR) is 88.0 cm³/mol. The molecule has 2 fully saturated rings. The van der Waals surface area contributed by atoms with E-state index in [1.54, 1.807) is 11.3 Å². The van der Waals surface area contributed by atoms with Gasteiger partial charge in [-0.05, 0) is 64.0 Å². The molecule has 20 heavy (non-hydrogen) atoms. The second-order valence-corrected chi connectivity index (χ2v) is 8.18. The van der Waals surface area contributed by atoms with E-state index in [4.69, 9.17) is 5.73 Å². The third-order valence-corrected chi connectivity index (χ3v) is 6.24. The standard InChI is InChI=1S/C14H19BrN2OS.ClH/c1-17(6-8-4-11(15)19-7-8)14(18)12-9-2-3-10(5-9)13(12)16;/h4,7,9-10,12-13H,2-3,5-6,16H2,1H3;1H. The molecule has 2 bridgehead atoms. The van der Waals surface area contributed by atoms with Crippen molar-refractivity contribution in [2.75, 3.05) is 7.05 Å². The summed E-state index contributed by atoms with van der Waals surface area (Å²) in [5.41, 5.74) is 7.43. The van der Waals surface area contributed by atoms with Crippen molar-refractivity contribution in [2.45, 2.75) is 31.8 Å². The van der Waals surface area contributed by atoms with Crippen LogP contribution in [-0.4, -0.2) is 23.9 Å². The Morgan fingerprint density at radius 1 is 1.50 bits per heavy atom. The highest BCUT2D eigenvalue weighted by molar-refractivity contribution is 9.11. The summed E-state index contributed by atoms with van der Waals surface area (Å²) in [6.45, 7) is 0.682. The number of carbonyl (C=O) groups is 1. The van der Waals surface area contributed by atoms with Gasteiger partial charge in [-0.3, -0.25) is 4.79 Å². The highest BCUT2D eigenvalue weighted by Gasteiger charge is 2.49. The second kappa shape index (κ2) is 6.34. The Hall–Kier alpha value is -0.100. The number of thiophene rings is 1. The predicted octanol–water partition coefficient (Wildman–Crippen LogP) is 3.26. The molecule has 0 aliphatic heterocycles. The zero-order valence-corrected chi connectivity index (χ0v) is 14.6. The molecule has 2 N–H and O–H groups in total. The van der Waals surface area contributed by atoms with Gasteiger partial charge in [-0.2, -0.15) is 0 Å². The van der Waals surface area contributed by atoms with Crippen LogP contribution in [0.25, 0.3) is 0 Å². The van der Waals surface area contributed by atoms with E-state index in [1.165, 1.54) is 18.4 Å². The van der Waals surface area contributed by atoms with Gasteiger partial charge in [-0.15, -0.1) is 23.7 Å². The zero-order valence-electron chi connectivity index (χ0n) is 11.4. The Morgan fingerprint density at radius 2 is 2.20 bits per heavy atom. The number of halogens is 2. The van der Waals surface area contributed by atoms with E-state index < -0.39 is 0 Å². The minimum absolute atomic E-state index is 0. The molecule has 1 amide bonds. The molecule has 2 saturated carbocycles. The fourth-order valence-electron chi connectivity index (χ4n) is 3.74. The van der Waals surface area contributed by atoms with Gasteiger partial charge in [0.15, 0.2) is 0 Å². The SMILES string of the molecule is CN(Cc1csc(Br)c1)C(=O)C1C2CCC(C2)C1N.Cl. The van der Waals surface area contributed by atoms with Gasteiger partial charge in [0.05, 0.1) is 9.70 Å². The molecule has 112 valence electrons. The average Bonchev–Trinajstić information content (AvgIpc) is 3.05. The van der Waals surface area contributed by atoms with Crippen LogP contribution in [0.15, 0.2) is 15.2 Å². The highest BCUT2D eigenvalue weighted by atomic mass is 79.9. The van der Waals surface area contributed by atoms with Gasteiger partial charge >= 0.3 is 0 Å². The lowest BCUT2D eigenvalue weighted by molar-refractivity contribution is -0.136. The van der Waals surface area contributed by atoms with Crippen LogP contribution in [0.1, 0.15) is 24.8 Å². The van der Waals surface area contributed by atoms with Crippen molar-refractivity contribution in [1.82, 2.24) is 4.90 Å². The van der Waals surface area contributed by atoms with Crippen molar-refractivity contribution in [3.63, 3.8) is 0 Å². The van der Waals surface area contributed by atoms with Crippen LogP contribution in [0, 0.1) is 17.8 Å². The molecular formula is C14H20BrClN2OS. The molecule has 2 aliphatic rings. The Morgan fingerprint density at radius 3 is 2.75 bits per heavy atom. The molecule has 4 unspecified atom stereocenters. The summed E-state index contributed by atoms with van der Waals surface area (Å²) >= 11 is 5.11. The number of nitrogens with zero attached hydrogens (tertiary/aromatic N) is 1. The van der Waals surface area contributed by atoms with Gasteiger partial charge in [0, 0.05) is 19.6 Å². The van der Waals surface area contributed by atoms with Crippen molar-refractivity contribution in [1.29, 1.82) is 0 Å². The molecule has 3 nitrogen and oxygen atoms in total. The second-order valence-electron chi connectivity index (χ2n) is 5.89. The van der Waals surface area contributed by atoms with E-state index in [9.17, 15) is 4.79 Å². The van der Waals surface area contributed by atoms with Gasteiger partial charge in [-0.25, -0.2) is 0 Å². The van der Waals surface area contributed by atoms with Crippen LogP contribution in [0.2, 0.25) is 0 Å². The molecule has 0 aromatic carbocycles. The minimum Gasteiger partial charge on any atom is -0.341 e. The maximum absolute atomic E-state index is 12.6. The average molecular weight is 380 g/mol. The van der Waals surface area contributed by atoms with Crippen molar-refractivity contribution >= 4 is 45.6 Å². The first-order chi connectivity index (χ1) is 9.06. The summed E-state index contributed by atoms with van der Waals surface area (Å²) in [7, 11) is 1.90. The van der Waals surface area contributed by atoms with Crippen LogP contribution >= 0.6 is 39.7 Å². The van der Waals surface area contributed by atoms with Gasteiger partial charge in [0.1, 0.15) is 0 Å². The van der Waals surface area contributed by atoms with Gasteiger partial charge < -0.3 is 10.6 Å². The Bertz CT molecular complexity index is 493. The van der Waals surface area contributed by atoms with E-state index >= 15 is 0 Å². The third-order valence-electron chi connectivity index (χ3n) is 4.68. The number of hydrogen-bond donors (Lipinski definition) is 1. The molecule has 0 saturated heterocycles. The Labute approximate surface area is 138 Å². The number of rotatable bonds is 3.